The van der Waals surface area contributed by atoms with Gasteiger partial charge in [-0.3, -0.25) is 9.59 Å². The van der Waals surface area contributed by atoms with Crippen LogP contribution in [0.15, 0.2) is 0 Å². The molecule has 138 valence electrons. The van der Waals surface area contributed by atoms with Gasteiger partial charge in [0, 0.05) is 19.0 Å². The number of nitrogens with zero attached hydrogens (tertiary/aromatic N) is 2. The number of amides is 1. The van der Waals surface area contributed by atoms with E-state index in [0.29, 0.717) is 16.5 Å². The molecule has 5 nitrogen and oxygen atoms in total. The van der Waals surface area contributed by atoms with Gasteiger partial charge in [-0.2, -0.15) is 13.2 Å². The van der Waals surface area contributed by atoms with E-state index >= 15 is 0 Å². The van der Waals surface area contributed by atoms with Crippen molar-refractivity contribution in [2.75, 3.05) is 13.1 Å². The summed E-state index contributed by atoms with van der Waals surface area (Å²) in [6, 6.07) is 0. The summed E-state index contributed by atoms with van der Waals surface area (Å²) in [5.74, 6) is -5.40. The van der Waals surface area contributed by atoms with Gasteiger partial charge in [-0.25, -0.2) is 4.98 Å². The van der Waals surface area contributed by atoms with Crippen LogP contribution in [-0.2, 0) is 4.79 Å². The number of aliphatic carboxylic acids is 1. The zero-order valence-electron chi connectivity index (χ0n) is 13.7. The molecule has 9 heteroatoms. The minimum atomic E-state index is -4.64. The summed E-state index contributed by atoms with van der Waals surface area (Å²) in [4.78, 5) is 29.6. The predicted molar refractivity (Wildman–Crippen MR) is 84.6 cm³/mol. The fraction of sp³-hybridized carbons (Fsp3) is 0.688. The molecule has 1 aromatic rings. The number of alkyl halides is 3. The van der Waals surface area contributed by atoms with Gasteiger partial charge in [-0.15, -0.1) is 11.3 Å². The standard InChI is InChI=1S/C16H19F3N2O3S/c1-8-12(25-13(20-8)9-4-2-3-5-9)14(22)21-6-10(15(23)24)11(7-21)16(17,18)19/h9-11H,2-7H2,1H3,(H,23,24)/t10-,11-/m1/s1. The molecule has 2 atom stereocenters. The van der Waals surface area contributed by atoms with Gasteiger partial charge in [-0.1, -0.05) is 12.8 Å². The van der Waals surface area contributed by atoms with Crippen molar-refractivity contribution in [2.24, 2.45) is 11.8 Å². The van der Waals surface area contributed by atoms with E-state index in [2.05, 4.69) is 4.98 Å². The van der Waals surface area contributed by atoms with E-state index in [1.165, 1.54) is 11.3 Å². The number of aryl methyl sites for hydroxylation is 1. The Labute approximate surface area is 146 Å². The molecule has 1 aliphatic heterocycles. The van der Waals surface area contributed by atoms with Crippen LogP contribution in [-0.4, -0.2) is 46.1 Å². The monoisotopic (exact) mass is 376 g/mol. The molecule has 3 rings (SSSR count). The highest BCUT2D eigenvalue weighted by Gasteiger charge is 2.53. The largest absolute Gasteiger partial charge is 0.481 e. The Hall–Kier alpha value is -1.64. The van der Waals surface area contributed by atoms with Crippen LogP contribution in [0.2, 0.25) is 0 Å². The number of carbonyl (C=O) groups is 2. The molecule has 1 saturated carbocycles. The molecule has 2 heterocycles. The van der Waals surface area contributed by atoms with Crippen LogP contribution >= 0.6 is 11.3 Å². The summed E-state index contributed by atoms with van der Waals surface area (Å²) in [5, 5.41) is 9.93. The molecule has 0 spiro atoms. The number of halogens is 3. The maximum Gasteiger partial charge on any atom is 0.394 e. The summed E-state index contributed by atoms with van der Waals surface area (Å²) < 4.78 is 39.3. The minimum Gasteiger partial charge on any atom is -0.481 e. The van der Waals surface area contributed by atoms with Crippen LogP contribution in [0.25, 0.3) is 0 Å². The van der Waals surface area contributed by atoms with Gasteiger partial charge < -0.3 is 10.0 Å². The maximum absolute atomic E-state index is 13.1. The average Bonchev–Trinajstić information content (AvgIpc) is 3.24. The normalized spacial score (nSPS) is 24.9. The van der Waals surface area contributed by atoms with Gasteiger partial charge in [0.15, 0.2) is 0 Å². The summed E-state index contributed by atoms with van der Waals surface area (Å²) in [6.07, 6.45) is -0.378. The van der Waals surface area contributed by atoms with Crippen molar-refractivity contribution < 1.29 is 27.9 Å². The Morgan fingerprint density at radius 2 is 1.88 bits per heavy atom. The second-order valence-corrected chi connectivity index (χ2v) is 7.78. The third-order valence-electron chi connectivity index (χ3n) is 5.06. The summed E-state index contributed by atoms with van der Waals surface area (Å²) >= 11 is 1.24. The third-order valence-corrected chi connectivity index (χ3v) is 6.36. The minimum absolute atomic E-state index is 0.318. The number of carboxylic acid groups (broad SMARTS) is 1. The molecule has 1 N–H and O–H groups in total. The zero-order valence-corrected chi connectivity index (χ0v) is 14.5. The Balaban J connectivity index is 1.80. The van der Waals surface area contributed by atoms with Gasteiger partial charge in [0.1, 0.15) is 4.88 Å². The number of hydrogen-bond acceptors (Lipinski definition) is 4. The lowest BCUT2D eigenvalue weighted by Crippen LogP contribution is -2.34. The predicted octanol–water partition coefficient (Wildman–Crippen LogP) is 3.44. The second kappa shape index (κ2) is 6.59. The van der Waals surface area contributed by atoms with Crippen molar-refractivity contribution in [3.63, 3.8) is 0 Å². The van der Waals surface area contributed by atoms with E-state index in [4.69, 9.17) is 5.11 Å². The van der Waals surface area contributed by atoms with E-state index in [0.717, 1.165) is 35.6 Å². The molecule has 1 aromatic heterocycles. The first-order chi connectivity index (χ1) is 11.7. The Kier molecular flexibility index (Phi) is 4.78. The second-order valence-electron chi connectivity index (χ2n) is 6.75. The van der Waals surface area contributed by atoms with Crippen LogP contribution in [0.4, 0.5) is 13.2 Å². The van der Waals surface area contributed by atoms with E-state index in [-0.39, 0.29) is 0 Å². The van der Waals surface area contributed by atoms with Crippen LogP contribution in [0.3, 0.4) is 0 Å². The highest BCUT2D eigenvalue weighted by atomic mass is 32.1. The number of carboxylic acids is 1. The van der Waals surface area contributed by atoms with Gasteiger partial charge in [0.25, 0.3) is 5.91 Å². The molecule has 1 saturated heterocycles. The number of rotatable bonds is 3. The third kappa shape index (κ3) is 3.51. The van der Waals surface area contributed by atoms with Crippen LogP contribution in [0.5, 0.6) is 0 Å². The number of hydrogen-bond donors (Lipinski definition) is 1. The van der Waals surface area contributed by atoms with Crippen LogP contribution < -0.4 is 0 Å². The summed E-state index contributed by atoms with van der Waals surface area (Å²) in [7, 11) is 0. The fourth-order valence-electron chi connectivity index (χ4n) is 3.66. The molecule has 0 aromatic carbocycles. The number of carbonyl (C=O) groups excluding carboxylic acids is 1. The van der Waals surface area contributed by atoms with E-state index in [9.17, 15) is 22.8 Å². The molecule has 1 amide bonds. The van der Waals surface area contributed by atoms with Crippen molar-refractivity contribution in [1.29, 1.82) is 0 Å². The lowest BCUT2D eigenvalue weighted by Gasteiger charge is -2.18. The van der Waals surface area contributed by atoms with E-state index in [1.807, 2.05) is 0 Å². The first-order valence-corrected chi connectivity index (χ1v) is 9.06. The topological polar surface area (TPSA) is 70.5 Å². The van der Waals surface area contributed by atoms with Gasteiger partial charge >= 0.3 is 12.1 Å². The number of aromatic nitrogens is 1. The summed E-state index contributed by atoms with van der Waals surface area (Å²) in [6.45, 7) is 0.637. The number of thiazole rings is 1. The van der Waals surface area contributed by atoms with Crippen LogP contribution in [0, 0.1) is 18.8 Å². The number of likely N-dealkylation sites (tertiary alicyclic amines) is 1. The van der Waals surface area contributed by atoms with Gasteiger partial charge in [-0.05, 0) is 19.8 Å². The SMILES string of the molecule is Cc1nc(C2CCCC2)sc1C(=O)N1C[C@@H](C(F)(F)F)[C@H](C(=O)O)C1. The van der Waals surface area contributed by atoms with Gasteiger partial charge in [0.05, 0.1) is 22.5 Å². The highest BCUT2D eigenvalue weighted by molar-refractivity contribution is 7.13. The molecule has 0 unspecified atom stereocenters. The first kappa shape index (κ1) is 18.2. The molecule has 1 aliphatic carbocycles. The average molecular weight is 376 g/mol. The Bertz CT molecular complexity index is 683. The van der Waals surface area contributed by atoms with Crippen molar-refractivity contribution in [2.45, 2.75) is 44.7 Å². The van der Waals surface area contributed by atoms with E-state index < -0.39 is 43.0 Å². The lowest BCUT2D eigenvalue weighted by molar-refractivity contribution is -0.187. The quantitative estimate of drug-likeness (QED) is 0.877. The van der Waals surface area contributed by atoms with Crippen LogP contribution in [0.1, 0.15) is 52.0 Å². The molecule has 25 heavy (non-hydrogen) atoms. The van der Waals surface area contributed by atoms with Crippen molar-refractivity contribution in [3.8, 4) is 0 Å². The molecular formula is C16H19F3N2O3S. The Morgan fingerprint density at radius 3 is 2.40 bits per heavy atom. The zero-order chi connectivity index (χ0) is 18.4. The molecule has 0 bridgehead atoms. The van der Waals surface area contributed by atoms with E-state index in [1.54, 1.807) is 6.92 Å². The molecule has 0 radical (unpaired) electrons. The molecule has 2 aliphatic rings. The highest BCUT2D eigenvalue weighted by Crippen LogP contribution is 2.40. The summed E-state index contributed by atoms with van der Waals surface area (Å²) in [5.41, 5.74) is 0.513. The first-order valence-electron chi connectivity index (χ1n) is 8.24. The van der Waals surface area contributed by atoms with Gasteiger partial charge in [0.2, 0.25) is 0 Å². The Morgan fingerprint density at radius 1 is 1.24 bits per heavy atom. The fourth-order valence-corrected chi connectivity index (χ4v) is 4.86. The molecular weight excluding hydrogens is 357 g/mol. The van der Waals surface area contributed by atoms with Crippen molar-refractivity contribution in [3.05, 3.63) is 15.6 Å². The lowest BCUT2D eigenvalue weighted by atomic mass is 9.96. The maximum atomic E-state index is 13.1. The smallest absolute Gasteiger partial charge is 0.394 e. The molecule has 2 fully saturated rings. The van der Waals surface area contributed by atoms with Crippen molar-refractivity contribution in [1.82, 2.24) is 9.88 Å². The van der Waals surface area contributed by atoms with Crippen molar-refractivity contribution >= 4 is 23.2 Å².